The molecule has 0 saturated heterocycles. The molecule has 1 heterocycles. The van der Waals surface area contributed by atoms with Crippen molar-refractivity contribution in [3.8, 4) is 0 Å². The molecule has 0 bridgehead atoms. The lowest BCUT2D eigenvalue weighted by molar-refractivity contribution is -0.143. The fourth-order valence-corrected chi connectivity index (χ4v) is 3.07. The lowest BCUT2D eigenvalue weighted by atomic mass is 9.97. The Balaban J connectivity index is 2.11. The van der Waals surface area contributed by atoms with Crippen LogP contribution in [-0.2, 0) is 20.9 Å². The van der Waals surface area contributed by atoms with E-state index < -0.39 is 11.9 Å². The zero-order valence-corrected chi connectivity index (χ0v) is 13.7. The first-order valence-corrected chi connectivity index (χ1v) is 7.81. The Kier molecular flexibility index (Phi) is 4.47. The molecule has 0 amide bonds. The Hall–Kier alpha value is -2.88. The summed E-state index contributed by atoms with van der Waals surface area (Å²) in [5, 5.41) is 0.911. The minimum Gasteiger partial charge on any atom is -0.468 e. The first kappa shape index (κ1) is 16.0. The van der Waals surface area contributed by atoms with Gasteiger partial charge in [0.25, 0.3) is 0 Å². The van der Waals surface area contributed by atoms with Gasteiger partial charge in [0, 0.05) is 23.1 Å². The van der Waals surface area contributed by atoms with Gasteiger partial charge in [0.15, 0.2) is 0 Å². The summed E-state index contributed by atoms with van der Waals surface area (Å²) in [4.78, 5) is 23.3. The van der Waals surface area contributed by atoms with E-state index in [0.29, 0.717) is 11.8 Å². The van der Waals surface area contributed by atoms with Crippen LogP contribution in [0.3, 0.4) is 0 Å². The van der Waals surface area contributed by atoms with Crippen molar-refractivity contribution < 1.29 is 14.3 Å². The number of aldehydes is 1. The number of aromatic nitrogens is 1. The Morgan fingerprint density at radius 1 is 1.17 bits per heavy atom. The van der Waals surface area contributed by atoms with E-state index in [2.05, 4.69) is 16.7 Å². The minimum absolute atomic E-state index is 0.536. The maximum atomic E-state index is 11.9. The van der Waals surface area contributed by atoms with Gasteiger partial charge in [-0.3, -0.25) is 4.79 Å². The number of hydrogen-bond acceptors (Lipinski definition) is 3. The SMILES string of the molecule is COC(=O)C(C=O)c1cccc2c1cc(C)n2Cc1ccccc1. The fraction of sp³-hybridized carbons (Fsp3) is 0.200. The highest BCUT2D eigenvalue weighted by Crippen LogP contribution is 2.29. The van der Waals surface area contributed by atoms with Crippen LogP contribution >= 0.6 is 0 Å². The van der Waals surface area contributed by atoms with Gasteiger partial charge in [-0.15, -0.1) is 0 Å². The van der Waals surface area contributed by atoms with Crippen LogP contribution < -0.4 is 0 Å². The molecule has 2 aromatic carbocycles. The molecule has 122 valence electrons. The van der Waals surface area contributed by atoms with Crippen LogP contribution in [0, 0.1) is 6.92 Å². The molecule has 3 rings (SSSR count). The predicted octanol–water partition coefficient (Wildman–Crippen LogP) is 3.45. The number of methoxy groups -OCH3 is 1. The minimum atomic E-state index is -0.898. The van der Waals surface area contributed by atoms with Crippen molar-refractivity contribution in [2.75, 3.05) is 7.11 Å². The number of nitrogens with zero attached hydrogens (tertiary/aromatic N) is 1. The molecule has 0 N–H and O–H groups in total. The van der Waals surface area contributed by atoms with E-state index in [1.54, 1.807) is 0 Å². The largest absolute Gasteiger partial charge is 0.468 e. The second-order valence-corrected chi connectivity index (χ2v) is 5.77. The number of rotatable bonds is 5. The van der Waals surface area contributed by atoms with E-state index >= 15 is 0 Å². The molecule has 0 radical (unpaired) electrons. The van der Waals surface area contributed by atoms with Crippen molar-refractivity contribution in [3.63, 3.8) is 0 Å². The van der Waals surface area contributed by atoms with E-state index in [1.807, 2.05) is 49.4 Å². The number of aryl methyl sites for hydroxylation is 1. The molecule has 1 atom stereocenters. The summed E-state index contributed by atoms with van der Waals surface area (Å²) in [6, 6.07) is 17.9. The van der Waals surface area contributed by atoms with Crippen LogP contribution in [-0.4, -0.2) is 23.9 Å². The van der Waals surface area contributed by atoms with Crippen molar-refractivity contribution >= 4 is 23.2 Å². The Labute approximate surface area is 140 Å². The highest BCUT2D eigenvalue weighted by molar-refractivity contribution is 5.99. The number of hydrogen-bond donors (Lipinski definition) is 0. The van der Waals surface area contributed by atoms with Crippen LogP contribution in [0.1, 0.15) is 22.7 Å². The van der Waals surface area contributed by atoms with Crippen molar-refractivity contribution in [2.24, 2.45) is 0 Å². The molecular formula is C20H19NO3. The molecule has 4 heteroatoms. The second kappa shape index (κ2) is 6.71. The average molecular weight is 321 g/mol. The number of benzene rings is 2. The number of fused-ring (bicyclic) bond motifs is 1. The second-order valence-electron chi connectivity index (χ2n) is 5.77. The van der Waals surface area contributed by atoms with Gasteiger partial charge in [0.1, 0.15) is 12.2 Å². The van der Waals surface area contributed by atoms with Gasteiger partial charge in [0.05, 0.1) is 7.11 Å². The zero-order chi connectivity index (χ0) is 17.1. The molecule has 1 aromatic heterocycles. The first-order chi connectivity index (χ1) is 11.7. The van der Waals surface area contributed by atoms with Crippen LogP contribution in [0.25, 0.3) is 10.9 Å². The summed E-state index contributed by atoms with van der Waals surface area (Å²) in [6.45, 7) is 2.77. The van der Waals surface area contributed by atoms with Crippen LogP contribution in [0.2, 0.25) is 0 Å². The molecule has 0 spiro atoms. The van der Waals surface area contributed by atoms with Crippen LogP contribution in [0.15, 0.2) is 54.6 Å². The lowest BCUT2D eigenvalue weighted by Crippen LogP contribution is -2.15. The van der Waals surface area contributed by atoms with E-state index in [4.69, 9.17) is 4.74 Å². The molecule has 0 aliphatic heterocycles. The van der Waals surface area contributed by atoms with Gasteiger partial charge in [-0.25, -0.2) is 0 Å². The van der Waals surface area contributed by atoms with Crippen LogP contribution in [0.4, 0.5) is 0 Å². The van der Waals surface area contributed by atoms with E-state index in [9.17, 15) is 9.59 Å². The molecule has 0 fully saturated rings. The first-order valence-electron chi connectivity index (χ1n) is 7.81. The van der Waals surface area contributed by atoms with Crippen molar-refractivity contribution in [2.45, 2.75) is 19.4 Å². The predicted molar refractivity (Wildman–Crippen MR) is 93.0 cm³/mol. The third kappa shape index (κ3) is 2.83. The van der Waals surface area contributed by atoms with Crippen molar-refractivity contribution in [1.82, 2.24) is 4.57 Å². The highest BCUT2D eigenvalue weighted by atomic mass is 16.5. The summed E-state index contributed by atoms with van der Waals surface area (Å²) >= 11 is 0. The zero-order valence-electron chi connectivity index (χ0n) is 13.7. The number of carbonyl (C=O) groups excluding carboxylic acids is 2. The van der Waals surface area contributed by atoms with Crippen molar-refractivity contribution in [1.29, 1.82) is 0 Å². The molecular weight excluding hydrogens is 302 g/mol. The topological polar surface area (TPSA) is 48.3 Å². The molecule has 4 nitrogen and oxygen atoms in total. The third-order valence-electron chi connectivity index (χ3n) is 4.30. The summed E-state index contributed by atoms with van der Waals surface area (Å²) < 4.78 is 6.95. The van der Waals surface area contributed by atoms with E-state index in [1.165, 1.54) is 12.7 Å². The Morgan fingerprint density at radius 2 is 1.92 bits per heavy atom. The number of ether oxygens (including phenoxy) is 1. The summed E-state index contributed by atoms with van der Waals surface area (Å²) in [7, 11) is 1.30. The fourth-order valence-electron chi connectivity index (χ4n) is 3.07. The monoisotopic (exact) mass is 321 g/mol. The van der Waals surface area contributed by atoms with Gasteiger partial charge < -0.3 is 14.1 Å². The lowest BCUT2D eigenvalue weighted by Gasteiger charge is -2.11. The van der Waals surface area contributed by atoms with Crippen molar-refractivity contribution in [3.05, 3.63) is 71.4 Å². The van der Waals surface area contributed by atoms with Gasteiger partial charge >= 0.3 is 5.97 Å². The van der Waals surface area contributed by atoms with Gasteiger partial charge in [-0.2, -0.15) is 0 Å². The van der Waals surface area contributed by atoms with Crippen LogP contribution in [0.5, 0.6) is 0 Å². The maximum Gasteiger partial charge on any atom is 0.320 e. The van der Waals surface area contributed by atoms with E-state index in [0.717, 1.165) is 23.1 Å². The average Bonchev–Trinajstić information content (AvgIpc) is 2.93. The Morgan fingerprint density at radius 3 is 2.58 bits per heavy atom. The third-order valence-corrected chi connectivity index (χ3v) is 4.30. The van der Waals surface area contributed by atoms with Gasteiger partial charge in [-0.1, -0.05) is 42.5 Å². The molecule has 0 saturated carbocycles. The maximum absolute atomic E-state index is 11.9. The number of carbonyl (C=O) groups is 2. The van der Waals surface area contributed by atoms with Gasteiger partial charge in [0.2, 0.25) is 0 Å². The summed E-state index contributed by atoms with van der Waals surface area (Å²) in [5.41, 5.74) is 3.97. The summed E-state index contributed by atoms with van der Waals surface area (Å²) in [5.74, 6) is -1.43. The normalized spacial score (nSPS) is 12.1. The van der Waals surface area contributed by atoms with E-state index in [-0.39, 0.29) is 0 Å². The molecule has 1 unspecified atom stereocenters. The smallest absolute Gasteiger partial charge is 0.320 e. The molecule has 0 aliphatic rings. The Bertz CT molecular complexity index is 881. The summed E-state index contributed by atoms with van der Waals surface area (Å²) in [6.07, 6.45) is 0.643. The quantitative estimate of drug-likeness (QED) is 0.411. The standard InChI is InChI=1S/C20H19NO3/c1-14-11-17-16(18(13-22)20(23)24-2)9-6-10-19(17)21(14)12-15-7-4-3-5-8-15/h3-11,13,18H,12H2,1-2H3. The molecule has 3 aromatic rings. The molecule has 24 heavy (non-hydrogen) atoms. The van der Waals surface area contributed by atoms with Gasteiger partial charge in [-0.05, 0) is 30.2 Å². The molecule has 0 aliphatic carbocycles. The highest BCUT2D eigenvalue weighted by Gasteiger charge is 2.23. The number of esters is 1.